The van der Waals surface area contributed by atoms with E-state index >= 15 is 0 Å². The third-order valence-corrected chi connectivity index (χ3v) is 3.27. The van der Waals surface area contributed by atoms with E-state index in [2.05, 4.69) is 15.5 Å². The topological polar surface area (TPSA) is 61.0 Å². The zero-order valence-electron chi connectivity index (χ0n) is 10.3. The molecule has 0 spiro atoms. The second-order valence-corrected chi connectivity index (χ2v) is 4.48. The summed E-state index contributed by atoms with van der Waals surface area (Å²) in [5.74, 6) is 0.0635. The first-order valence-corrected chi connectivity index (χ1v) is 6.32. The Kier molecular flexibility index (Phi) is 4.14. The highest BCUT2D eigenvalue weighted by molar-refractivity contribution is 5.93. The monoisotopic (exact) mass is 236 g/mol. The number of hydrogen-bond acceptors (Lipinski definition) is 3. The van der Waals surface area contributed by atoms with Crippen molar-refractivity contribution in [3.05, 3.63) is 18.0 Å². The number of aromatic amines is 1. The zero-order valence-corrected chi connectivity index (χ0v) is 10.3. The Bertz CT molecular complexity index is 343. The fourth-order valence-corrected chi connectivity index (χ4v) is 2.25. The molecule has 2 heterocycles. The lowest BCUT2D eigenvalue weighted by molar-refractivity contribution is 0.0741. The van der Waals surface area contributed by atoms with Crippen LogP contribution in [-0.4, -0.2) is 46.7 Å². The summed E-state index contributed by atoms with van der Waals surface area (Å²) in [6.07, 6.45) is 6.90. The van der Waals surface area contributed by atoms with Crippen LogP contribution in [0.5, 0.6) is 0 Å². The summed E-state index contributed by atoms with van der Waals surface area (Å²) < 4.78 is 0. The van der Waals surface area contributed by atoms with Crippen LogP contribution in [0.25, 0.3) is 0 Å². The Morgan fingerprint density at radius 3 is 3.06 bits per heavy atom. The van der Waals surface area contributed by atoms with Crippen LogP contribution in [0.15, 0.2) is 12.4 Å². The number of nitrogens with zero attached hydrogens (tertiary/aromatic N) is 2. The lowest BCUT2D eigenvalue weighted by Gasteiger charge is -2.29. The number of carbonyl (C=O) groups is 1. The number of likely N-dealkylation sites (N-methyl/N-ethyl adjacent to an activating group) is 1. The number of amides is 1. The van der Waals surface area contributed by atoms with Crippen LogP contribution < -0.4 is 5.32 Å². The molecule has 1 aromatic rings. The fraction of sp³-hybridized carbons (Fsp3) is 0.667. The van der Waals surface area contributed by atoms with Gasteiger partial charge >= 0.3 is 0 Å². The summed E-state index contributed by atoms with van der Waals surface area (Å²) in [5.41, 5.74) is 0.641. The zero-order chi connectivity index (χ0) is 12.1. The van der Waals surface area contributed by atoms with Crippen LogP contribution in [0, 0.1) is 0 Å². The first-order chi connectivity index (χ1) is 8.31. The van der Waals surface area contributed by atoms with Crippen LogP contribution in [-0.2, 0) is 0 Å². The van der Waals surface area contributed by atoms with Crippen molar-refractivity contribution in [2.75, 3.05) is 19.6 Å². The summed E-state index contributed by atoms with van der Waals surface area (Å²) in [7, 11) is 0. The number of nitrogens with one attached hydrogen (secondary N) is 2. The molecule has 1 unspecified atom stereocenters. The van der Waals surface area contributed by atoms with Crippen molar-refractivity contribution in [2.45, 2.75) is 32.2 Å². The number of H-pyrrole nitrogens is 1. The van der Waals surface area contributed by atoms with Crippen molar-refractivity contribution in [1.82, 2.24) is 20.4 Å². The van der Waals surface area contributed by atoms with E-state index in [1.54, 1.807) is 12.4 Å². The van der Waals surface area contributed by atoms with Gasteiger partial charge < -0.3 is 10.2 Å². The highest BCUT2D eigenvalue weighted by Crippen LogP contribution is 2.10. The highest BCUT2D eigenvalue weighted by atomic mass is 16.2. The molecule has 1 aliphatic heterocycles. The molecule has 1 fully saturated rings. The summed E-state index contributed by atoms with van der Waals surface area (Å²) >= 11 is 0. The third-order valence-electron chi connectivity index (χ3n) is 3.27. The molecule has 1 atom stereocenters. The van der Waals surface area contributed by atoms with E-state index in [1.807, 2.05) is 11.8 Å². The molecule has 0 bridgehead atoms. The molecule has 1 amide bonds. The molecule has 0 aliphatic carbocycles. The molecule has 2 N–H and O–H groups in total. The molecule has 94 valence electrons. The largest absolute Gasteiger partial charge is 0.337 e. The molecule has 5 nitrogen and oxygen atoms in total. The first-order valence-electron chi connectivity index (χ1n) is 6.32. The number of rotatable bonds is 4. The maximum absolute atomic E-state index is 12.1. The Morgan fingerprint density at radius 1 is 1.59 bits per heavy atom. The second kappa shape index (κ2) is 5.82. The number of carbonyl (C=O) groups excluding carboxylic acids is 1. The number of hydrogen-bond donors (Lipinski definition) is 2. The molecule has 2 rings (SSSR count). The molecule has 1 saturated heterocycles. The van der Waals surface area contributed by atoms with Gasteiger partial charge in [0.15, 0.2) is 0 Å². The van der Waals surface area contributed by atoms with Crippen molar-refractivity contribution in [1.29, 1.82) is 0 Å². The van der Waals surface area contributed by atoms with Gasteiger partial charge in [0.1, 0.15) is 0 Å². The molecular formula is C12H20N4O. The normalized spacial score (nSPS) is 20.2. The Morgan fingerprint density at radius 2 is 2.47 bits per heavy atom. The molecule has 17 heavy (non-hydrogen) atoms. The SMILES string of the molecule is CCN(CC1CCCCN1)C(=O)c1cn[nH]c1. The van der Waals surface area contributed by atoms with Crippen molar-refractivity contribution in [3.8, 4) is 0 Å². The van der Waals surface area contributed by atoms with E-state index in [9.17, 15) is 4.79 Å². The standard InChI is InChI=1S/C12H20N4O/c1-2-16(9-11-5-3-4-6-13-11)12(17)10-7-14-15-8-10/h7-8,11,13H,2-6,9H2,1H3,(H,14,15). The molecular weight excluding hydrogens is 216 g/mol. The molecule has 5 heteroatoms. The Labute approximate surface area is 102 Å². The second-order valence-electron chi connectivity index (χ2n) is 4.48. The van der Waals surface area contributed by atoms with Crippen molar-refractivity contribution in [3.63, 3.8) is 0 Å². The maximum atomic E-state index is 12.1. The van der Waals surface area contributed by atoms with Crippen molar-refractivity contribution < 1.29 is 4.79 Å². The Hall–Kier alpha value is -1.36. The summed E-state index contributed by atoms with van der Waals surface area (Å²) in [4.78, 5) is 14.0. The van der Waals surface area contributed by atoms with Gasteiger partial charge in [-0.2, -0.15) is 5.10 Å². The number of piperidine rings is 1. The van der Waals surface area contributed by atoms with Crippen LogP contribution in [0.4, 0.5) is 0 Å². The van der Waals surface area contributed by atoms with Crippen molar-refractivity contribution in [2.24, 2.45) is 0 Å². The van der Waals surface area contributed by atoms with E-state index in [-0.39, 0.29) is 5.91 Å². The molecule has 0 aromatic carbocycles. The van der Waals surface area contributed by atoms with E-state index < -0.39 is 0 Å². The van der Waals surface area contributed by atoms with E-state index in [0.29, 0.717) is 11.6 Å². The average Bonchev–Trinajstić information content (AvgIpc) is 2.90. The van der Waals surface area contributed by atoms with Gasteiger partial charge in [0.2, 0.25) is 0 Å². The lowest BCUT2D eigenvalue weighted by atomic mass is 10.0. The van der Waals surface area contributed by atoms with Crippen LogP contribution in [0.1, 0.15) is 36.5 Å². The minimum Gasteiger partial charge on any atom is -0.337 e. The predicted octanol–water partition coefficient (Wildman–Crippen LogP) is 1.01. The number of aromatic nitrogens is 2. The van der Waals surface area contributed by atoms with Gasteiger partial charge in [0.25, 0.3) is 5.91 Å². The van der Waals surface area contributed by atoms with Gasteiger partial charge in [0, 0.05) is 25.3 Å². The predicted molar refractivity (Wildman–Crippen MR) is 65.8 cm³/mol. The van der Waals surface area contributed by atoms with Crippen molar-refractivity contribution >= 4 is 5.91 Å². The fourth-order valence-electron chi connectivity index (χ4n) is 2.25. The van der Waals surface area contributed by atoms with Gasteiger partial charge in [-0.1, -0.05) is 6.42 Å². The molecule has 0 radical (unpaired) electrons. The van der Waals surface area contributed by atoms with Gasteiger partial charge in [0.05, 0.1) is 11.8 Å². The summed E-state index contributed by atoms with van der Waals surface area (Å²) in [6.45, 7) is 4.62. The highest BCUT2D eigenvalue weighted by Gasteiger charge is 2.20. The minimum atomic E-state index is 0.0635. The van der Waals surface area contributed by atoms with Crippen LogP contribution in [0.3, 0.4) is 0 Å². The first kappa shape index (κ1) is 12.1. The van der Waals surface area contributed by atoms with Crippen LogP contribution >= 0.6 is 0 Å². The van der Waals surface area contributed by atoms with Gasteiger partial charge in [-0.05, 0) is 26.3 Å². The minimum absolute atomic E-state index is 0.0635. The van der Waals surface area contributed by atoms with Crippen LogP contribution in [0.2, 0.25) is 0 Å². The van der Waals surface area contributed by atoms with Gasteiger partial charge in [-0.25, -0.2) is 0 Å². The quantitative estimate of drug-likeness (QED) is 0.820. The molecule has 1 aromatic heterocycles. The molecule has 0 saturated carbocycles. The van der Waals surface area contributed by atoms with E-state index in [0.717, 1.165) is 26.1 Å². The summed E-state index contributed by atoms with van der Waals surface area (Å²) in [6, 6.07) is 0.444. The average molecular weight is 236 g/mol. The van der Waals surface area contributed by atoms with Gasteiger partial charge in [-0.3, -0.25) is 9.89 Å². The smallest absolute Gasteiger partial charge is 0.257 e. The third kappa shape index (κ3) is 3.06. The van der Waals surface area contributed by atoms with E-state index in [1.165, 1.54) is 12.8 Å². The lowest BCUT2D eigenvalue weighted by Crippen LogP contribution is -2.45. The van der Waals surface area contributed by atoms with E-state index in [4.69, 9.17) is 0 Å². The summed E-state index contributed by atoms with van der Waals surface area (Å²) in [5, 5.41) is 9.97. The molecule has 1 aliphatic rings. The Balaban J connectivity index is 1.93. The van der Waals surface area contributed by atoms with Gasteiger partial charge in [-0.15, -0.1) is 0 Å². The maximum Gasteiger partial charge on any atom is 0.257 e.